The van der Waals surface area contributed by atoms with Crippen LogP contribution in [-0.2, 0) is 0 Å². The molecule has 14 heavy (non-hydrogen) atoms. The smallest absolute Gasteiger partial charge is 0.0893 e. The predicted octanol–water partition coefficient (Wildman–Crippen LogP) is 2.53. The van der Waals surface area contributed by atoms with Crippen LogP contribution in [0.4, 0.5) is 0 Å². The highest BCUT2D eigenvalue weighted by Crippen LogP contribution is 2.28. The number of hydrogen-bond donors (Lipinski definition) is 0. The molecule has 0 amide bonds. The van der Waals surface area contributed by atoms with E-state index in [1.54, 1.807) is 6.20 Å². The van der Waals surface area contributed by atoms with Gasteiger partial charge in [-0.05, 0) is 18.2 Å². The Morgan fingerprint density at radius 2 is 2.00 bits per heavy atom. The molecule has 0 spiro atoms. The Balaban J connectivity index is 2.52. The average Bonchev–Trinajstić information content (AvgIpc) is 2.42. The summed E-state index contributed by atoms with van der Waals surface area (Å²) in [5.41, 5.74) is 3.11. The number of hydrogen-bond acceptors (Lipinski definition) is 2. The highest BCUT2D eigenvalue weighted by molar-refractivity contribution is 5.96. The second-order valence-electron chi connectivity index (χ2n) is 3.15. The van der Waals surface area contributed by atoms with E-state index in [4.69, 9.17) is 0 Å². The lowest BCUT2D eigenvalue weighted by molar-refractivity contribution is 1.35. The summed E-state index contributed by atoms with van der Waals surface area (Å²) in [5.74, 6) is 0. The van der Waals surface area contributed by atoms with Gasteiger partial charge in [0, 0.05) is 17.1 Å². The fraction of sp³-hybridized carbons (Fsp3) is 0. The van der Waals surface area contributed by atoms with Gasteiger partial charge in [0.1, 0.15) is 0 Å². The van der Waals surface area contributed by atoms with E-state index in [9.17, 15) is 0 Å². The second kappa shape index (κ2) is 2.77. The van der Waals surface area contributed by atoms with Gasteiger partial charge in [0.15, 0.2) is 0 Å². The zero-order valence-electron chi connectivity index (χ0n) is 7.44. The first-order valence-corrected chi connectivity index (χ1v) is 4.46. The van der Waals surface area contributed by atoms with Gasteiger partial charge in [-0.1, -0.05) is 18.2 Å². The largest absolute Gasteiger partial charge is 0.255 e. The second-order valence-corrected chi connectivity index (χ2v) is 3.15. The quantitative estimate of drug-likeness (QED) is 0.530. The molecule has 0 unspecified atom stereocenters. The molecule has 0 saturated heterocycles. The van der Waals surface area contributed by atoms with Gasteiger partial charge in [-0.25, -0.2) is 4.98 Å². The van der Waals surface area contributed by atoms with Crippen LogP contribution in [-0.4, -0.2) is 9.97 Å². The van der Waals surface area contributed by atoms with Gasteiger partial charge in [-0.2, -0.15) is 0 Å². The SMILES string of the molecule is [c]1cc2c3ccccc3nc-2ccn1. The molecule has 65 valence electrons. The Kier molecular flexibility index (Phi) is 1.47. The highest BCUT2D eigenvalue weighted by Gasteiger charge is 2.08. The van der Waals surface area contributed by atoms with E-state index in [0.29, 0.717) is 0 Å². The molecule has 2 nitrogen and oxygen atoms in total. The molecule has 1 radical (unpaired) electrons. The van der Waals surface area contributed by atoms with Crippen LogP contribution in [0.2, 0.25) is 0 Å². The van der Waals surface area contributed by atoms with Crippen LogP contribution in [0.25, 0.3) is 22.2 Å². The first-order chi connectivity index (χ1) is 6.95. The van der Waals surface area contributed by atoms with Crippen molar-refractivity contribution in [2.75, 3.05) is 0 Å². The molecule has 2 heterocycles. The summed E-state index contributed by atoms with van der Waals surface area (Å²) in [5, 5.41) is 1.16. The fourth-order valence-electron chi connectivity index (χ4n) is 1.66. The zero-order valence-corrected chi connectivity index (χ0v) is 7.44. The van der Waals surface area contributed by atoms with Crippen molar-refractivity contribution in [1.82, 2.24) is 9.97 Å². The summed E-state index contributed by atoms with van der Waals surface area (Å²) in [7, 11) is 0. The lowest BCUT2D eigenvalue weighted by atomic mass is 10.1. The predicted molar refractivity (Wildman–Crippen MR) is 55.0 cm³/mol. The molecule has 2 aliphatic rings. The molecule has 3 rings (SSSR count). The summed E-state index contributed by atoms with van der Waals surface area (Å²) in [6.45, 7) is 0. The highest BCUT2D eigenvalue weighted by atomic mass is 14.7. The van der Waals surface area contributed by atoms with Crippen molar-refractivity contribution in [2.24, 2.45) is 0 Å². The number of benzene rings is 1. The van der Waals surface area contributed by atoms with Gasteiger partial charge >= 0.3 is 0 Å². The fourth-order valence-corrected chi connectivity index (χ4v) is 1.66. The van der Waals surface area contributed by atoms with Crippen LogP contribution in [0.5, 0.6) is 0 Å². The molecule has 0 aliphatic carbocycles. The average molecular weight is 179 g/mol. The third-order valence-corrected chi connectivity index (χ3v) is 2.30. The monoisotopic (exact) mass is 179 g/mol. The van der Waals surface area contributed by atoms with E-state index in [2.05, 4.69) is 22.2 Å². The van der Waals surface area contributed by atoms with Crippen molar-refractivity contribution in [3.63, 3.8) is 0 Å². The maximum absolute atomic E-state index is 4.50. The maximum atomic E-state index is 4.50. The Hall–Kier alpha value is -1.96. The van der Waals surface area contributed by atoms with Gasteiger partial charge in [-0.3, -0.25) is 4.98 Å². The number of aromatic nitrogens is 2. The lowest BCUT2D eigenvalue weighted by Gasteiger charge is -1.88. The Labute approximate surface area is 81.6 Å². The number of fused-ring (bicyclic) bond motifs is 3. The van der Waals surface area contributed by atoms with Crippen LogP contribution in [0, 0.1) is 6.20 Å². The van der Waals surface area contributed by atoms with Crippen LogP contribution >= 0.6 is 0 Å². The van der Waals surface area contributed by atoms with Gasteiger partial charge in [0.25, 0.3) is 0 Å². The molecule has 2 heteroatoms. The molecule has 0 aromatic heterocycles. The Morgan fingerprint density at radius 1 is 1.07 bits per heavy atom. The van der Waals surface area contributed by atoms with Crippen molar-refractivity contribution in [3.8, 4) is 11.3 Å². The van der Waals surface area contributed by atoms with Gasteiger partial charge in [0.2, 0.25) is 0 Å². The van der Waals surface area contributed by atoms with Gasteiger partial charge in [0.05, 0.1) is 17.4 Å². The van der Waals surface area contributed by atoms with E-state index < -0.39 is 0 Å². The molecular formula is C12H7N2. The van der Waals surface area contributed by atoms with Crippen LogP contribution in [0.1, 0.15) is 0 Å². The number of nitrogens with zero attached hydrogens (tertiary/aromatic N) is 2. The van der Waals surface area contributed by atoms with E-state index in [1.807, 2.05) is 30.3 Å². The molecule has 1 aromatic carbocycles. The zero-order chi connectivity index (χ0) is 9.38. The molecule has 2 aliphatic heterocycles. The summed E-state index contributed by atoms with van der Waals surface area (Å²) in [6, 6.07) is 11.9. The van der Waals surface area contributed by atoms with E-state index in [1.165, 1.54) is 0 Å². The van der Waals surface area contributed by atoms with Gasteiger partial charge < -0.3 is 0 Å². The summed E-state index contributed by atoms with van der Waals surface area (Å²) >= 11 is 0. The minimum Gasteiger partial charge on any atom is -0.255 e. The molecule has 0 fully saturated rings. The van der Waals surface area contributed by atoms with Crippen LogP contribution < -0.4 is 0 Å². The van der Waals surface area contributed by atoms with E-state index in [0.717, 1.165) is 22.2 Å². The maximum Gasteiger partial charge on any atom is 0.0893 e. The molecule has 1 aromatic rings. The first kappa shape index (κ1) is 7.44. The van der Waals surface area contributed by atoms with Crippen molar-refractivity contribution >= 4 is 10.9 Å². The van der Waals surface area contributed by atoms with Crippen LogP contribution in [0.3, 0.4) is 0 Å². The minimum absolute atomic E-state index is 0.972. The van der Waals surface area contributed by atoms with Crippen molar-refractivity contribution < 1.29 is 0 Å². The minimum atomic E-state index is 0.972. The first-order valence-electron chi connectivity index (χ1n) is 4.46. The van der Waals surface area contributed by atoms with Crippen molar-refractivity contribution in [2.45, 2.75) is 0 Å². The molecular weight excluding hydrogens is 172 g/mol. The molecule has 0 bridgehead atoms. The van der Waals surface area contributed by atoms with Crippen LogP contribution in [0.15, 0.2) is 42.6 Å². The Morgan fingerprint density at radius 3 is 3.00 bits per heavy atom. The molecule has 0 saturated carbocycles. The number of rotatable bonds is 0. The lowest BCUT2D eigenvalue weighted by Crippen LogP contribution is -1.66. The standard InChI is InChI=1S/C12H7N2/c1-2-4-11-9(3-1)10-5-7-13-8-6-12(10)14-11/h1-6,8H. The van der Waals surface area contributed by atoms with Gasteiger partial charge in [-0.15, -0.1) is 0 Å². The number of para-hydroxylation sites is 1. The molecule has 0 atom stereocenters. The summed E-state index contributed by atoms with van der Waals surface area (Å²) < 4.78 is 0. The third-order valence-electron chi connectivity index (χ3n) is 2.30. The third kappa shape index (κ3) is 0.973. The summed E-state index contributed by atoms with van der Waals surface area (Å²) in [6.07, 6.45) is 4.57. The normalized spacial score (nSPS) is 10.9. The van der Waals surface area contributed by atoms with E-state index >= 15 is 0 Å². The topological polar surface area (TPSA) is 25.8 Å². The molecule has 0 N–H and O–H groups in total. The summed E-state index contributed by atoms with van der Waals surface area (Å²) in [4.78, 5) is 8.43. The van der Waals surface area contributed by atoms with E-state index in [-0.39, 0.29) is 0 Å². The van der Waals surface area contributed by atoms with Crippen molar-refractivity contribution in [3.05, 3.63) is 48.8 Å². The van der Waals surface area contributed by atoms with Crippen molar-refractivity contribution in [1.29, 1.82) is 0 Å². The Bertz CT molecular complexity index is 560.